The molecule has 3 aromatic heterocycles. The maximum absolute atomic E-state index is 12.9. The lowest BCUT2D eigenvalue weighted by molar-refractivity contribution is 0.0955. The second kappa shape index (κ2) is 7.92. The maximum Gasteiger partial charge on any atom is 0.252 e. The summed E-state index contributed by atoms with van der Waals surface area (Å²) in [6.45, 7) is 9.38. The van der Waals surface area contributed by atoms with Gasteiger partial charge in [0.2, 0.25) is 0 Å². The van der Waals surface area contributed by atoms with E-state index in [1.165, 1.54) is 0 Å². The molecule has 3 rings (SSSR count). The molecule has 0 spiro atoms. The Morgan fingerprint density at radius 3 is 2.67 bits per heavy atom. The van der Waals surface area contributed by atoms with Crippen LogP contribution < -0.4 is 10.6 Å². The Labute approximate surface area is 159 Å². The van der Waals surface area contributed by atoms with Gasteiger partial charge in [-0.1, -0.05) is 0 Å². The third-order valence-corrected chi connectivity index (χ3v) is 4.51. The lowest BCUT2D eigenvalue weighted by atomic mass is 10.1. The Hall–Kier alpha value is -2.67. The number of carbonyl (C=O) groups is 1. The number of hydrogen-bond donors (Lipinski definition) is 2. The van der Waals surface area contributed by atoms with Gasteiger partial charge >= 0.3 is 0 Å². The number of nitrogens with zero attached hydrogens (tertiary/aromatic N) is 3. The van der Waals surface area contributed by atoms with E-state index in [1.54, 1.807) is 6.20 Å². The number of rotatable bonds is 7. The molecule has 7 nitrogen and oxygen atoms in total. The Bertz CT molecular complexity index is 955. The molecule has 0 atom stereocenters. The molecule has 0 unspecified atom stereocenters. The summed E-state index contributed by atoms with van der Waals surface area (Å²) in [6, 6.07) is 3.93. The quantitative estimate of drug-likeness (QED) is 0.625. The van der Waals surface area contributed by atoms with Crippen LogP contribution in [0.5, 0.6) is 0 Å². The fourth-order valence-corrected chi connectivity index (χ4v) is 3.17. The summed E-state index contributed by atoms with van der Waals surface area (Å²) >= 11 is 0. The normalized spacial score (nSPS) is 11.5. The summed E-state index contributed by atoms with van der Waals surface area (Å²) in [5.41, 5.74) is 2.92. The van der Waals surface area contributed by atoms with E-state index in [9.17, 15) is 4.79 Å². The fraction of sp³-hybridized carbons (Fsp3) is 0.450. The number of nitrogens with one attached hydrogen (secondary N) is 2. The van der Waals surface area contributed by atoms with Crippen LogP contribution in [0.3, 0.4) is 0 Å². The minimum atomic E-state index is -0.110. The third kappa shape index (κ3) is 3.88. The summed E-state index contributed by atoms with van der Waals surface area (Å²) in [5.74, 6) is 1.50. The van der Waals surface area contributed by atoms with Crippen LogP contribution in [-0.2, 0) is 0 Å². The van der Waals surface area contributed by atoms with E-state index in [2.05, 4.69) is 15.7 Å². The molecule has 0 aliphatic heterocycles. The Balaban J connectivity index is 2.08. The number of carbonyl (C=O) groups excluding carboxylic acids is 1. The zero-order valence-electron chi connectivity index (χ0n) is 16.6. The molecule has 0 bridgehead atoms. The van der Waals surface area contributed by atoms with Crippen LogP contribution >= 0.6 is 0 Å². The summed E-state index contributed by atoms with van der Waals surface area (Å²) in [4.78, 5) is 17.7. The van der Waals surface area contributed by atoms with E-state index in [4.69, 9.17) is 9.40 Å². The van der Waals surface area contributed by atoms with Crippen molar-refractivity contribution in [3.63, 3.8) is 0 Å². The molecule has 0 aliphatic rings. The fourth-order valence-electron chi connectivity index (χ4n) is 3.17. The molecule has 2 N–H and O–H groups in total. The molecule has 1 amide bonds. The van der Waals surface area contributed by atoms with Gasteiger partial charge in [0.15, 0.2) is 5.65 Å². The third-order valence-electron chi connectivity index (χ3n) is 4.51. The van der Waals surface area contributed by atoms with Gasteiger partial charge in [0.1, 0.15) is 11.5 Å². The van der Waals surface area contributed by atoms with Gasteiger partial charge in [0.25, 0.3) is 5.91 Å². The average molecular weight is 369 g/mol. The maximum atomic E-state index is 12.9. The number of pyridine rings is 1. The van der Waals surface area contributed by atoms with Crippen molar-refractivity contribution in [3.05, 3.63) is 35.4 Å². The highest BCUT2D eigenvalue weighted by Gasteiger charge is 2.20. The minimum Gasteiger partial charge on any atom is -0.466 e. The Morgan fingerprint density at radius 2 is 2.04 bits per heavy atom. The lowest BCUT2D eigenvalue weighted by Crippen LogP contribution is -2.26. The van der Waals surface area contributed by atoms with Crippen molar-refractivity contribution >= 4 is 16.9 Å². The van der Waals surface area contributed by atoms with Crippen molar-refractivity contribution in [1.29, 1.82) is 0 Å². The smallest absolute Gasteiger partial charge is 0.252 e. The first-order valence-corrected chi connectivity index (χ1v) is 9.30. The second-order valence-corrected chi connectivity index (χ2v) is 7.02. The van der Waals surface area contributed by atoms with Crippen molar-refractivity contribution in [3.8, 4) is 11.3 Å². The van der Waals surface area contributed by atoms with Crippen LogP contribution in [-0.4, -0.2) is 40.8 Å². The molecule has 0 radical (unpaired) electrons. The largest absolute Gasteiger partial charge is 0.466 e. The Morgan fingerprint density at radius 1 is 1.26 bits per heavy atom. The van der Waals surface area contributed by atoms with Crippen LogP contribution in [0.25, 0.3) is 22.3 Å². The highest BCUT2D eigenvalue weighted by Crippen LogP contribution is 2.30. The molecule has 0 aliphatic carbocycles. The van der Waals surface area contributed by atoms with Crippen molar-refractivity contribution in [2.24, 2.45) is 0 Å². The van der Waals surface area contributed by atoms with Gasteiger partial charge < -0.3 is 15.1 Å². The molecule has 0 aromatic carbocycles. The zero-order chi connectivity index (χ0) is 19.6. The predicted octanol–water partition coefficient (Wildman–Crippen LogP) is 3.23. The molecule has 0 fully saturated rings. The number of hydrogen-bond acceptors (Lipinski definition) is 5. The first-order valence-electron chi connectivity index (χ1n) is 9.30. The molecular formula is C20H27N5O2. The van der Waals surface area contributed by atoms with E-state index in [-0.39, 0.29) is 11.9 Å². The van der Waals surface area contributed by atoms with Crippen molar-refractivity contribution < 1.29 is 9.21 Å². The molecule has 7 heteroatoms. The summed E-state index contributed by atoms with van der Waals surface area (Å²) < 4.78 is 7.51. The number of amides is 1. The highest BCUT2D eigenvalue weighted by atomic mass is 16.3. The summed E-state index contributed by atoms with van der Waals surface area (Å²) in [6.07, 6.45) is 2.59. The SMILES string of the molecule is CNCCCNC(=O)c1cc(-c2cc(C)oc2C)nc2c1cnn2C(C)C. The molecule has 0 saturated carbocycles. The number of aryl methyl sites for hydroxylation is 2. The highest BCUT2D eigenvalue weighted by molar-refractivity contribution is 6.06. The monoisotopic (exact) mass is 369 g/mol. The summed E-state index contributed by atoms with van der Waals surface area (Å²) in [5, 5.41) is 11.3. The molecular weight excluding hydrogens is 342 g/mol. The number of furan rings is 1. The minimum absolute atomic E-state index is 0.110. The van der Waals surface area contributed by atoms with Gasteiger partial charge in [-0.05, 0) is 59.8 Å². The Kier molecular flexibility index (Phi) is 5.60. The van der Waals surface area contributed by atoms with E-state index < -0.39 is 0 Å². The standard InChI is InChI=1S/C20H27N5O2/c1-12(2)25-19-17(11-23-25)16(20(26)22-8-6-7-21-5)10-18(24-19)15-9-13(3)27-14(15)4/h9-12,21H,6-8H2,1-5H3,(H,22,26). The number of aromatic nitrogens is 3. The van der Waals surface area contributed by atoms with Crippen LogP contribution in [0.15, 0.2) is 22.7 Å². The van der Waals surface area contributed by atoms with Gasteiger partial charge in [-0.15, -0.1) is 0 Å². The molecule has 0 saturated heterocycles. The van der Waals surface area contributed by atoms with Crippen LogP contribution in [0.2, 0.25) is 0 Å². The average Bonchev–Trinajstić information content (AvgIpc) is 3.20. The van der Waals surface area contributed by atoms with Gasteiger partial charge in [-0.25, -0.2) is 9.67 Å². The number of fused-ring (bicyclic) bond motifs is 1. The second-order valence-electron chi connectivity index (χ2n) is 7.02. The van der Waals surface area contributed by atoms with E-state index in [0.717, 1.165) is 41.1 Å². The van der Waals surface area contributed by atoms with Crippen LogP contribution in [0.4, 0.5) is 0 Å². The van der Waals surface area contributed by atoms with E-state index in [1.807, 2.05) is 51.6 Å². The van der Waals surface area contributed by atoms with Crippen LogP contribution in [0, 0.1) is 13.8 Å². The van der Waals surface area contributed by atoms with Gasteiger partial charge in [0, 0.05) is 18.2 Å². The van der Waals surface area contributed by atoms with Crippen molar-refractivity contribution in [1.82, 2.24) is 25.4 Å². The van der Waals surface area contributed by atoms with Gasteiger partial charge in [-0.3, -0.25) is 4.79 Å². The first-order chi connectivity index (χ1) is 12.9. The molecule has 3 heterocycles. The summed E-state index contributed by atoms with van der Waals surface area (Å²) in [7, 11) is 1.90. The topological polar surface area (TPSA) is 85.0 Å². The van der Waals surface area contributed by atoms with Gasteiger partial charge in [-0.2, -0.15) is 5.10 Å². The lowest BCUT2D eigenvalue weighted by Gasteiger charge is -2.11. The zero-order valence-corrected chi connectivity index (χ0v) is 16.6. The van der Waals surface area contributed by atoms with Gasteiger partial charge in [0.05, 0.1) is 22.8 Å². The van der Waals surface area contributed by atoms with Crippen molar-refractivity contribution in [2.45, 2.75) is 40.2 Å². The molecule has 3 aromatic rings. The van der Waals surface area contributed by atoms with E-state index >= 15 is 0 Å². The van der Waals surface area contributed by atoms with Crippen LogP contribution in [0.1, 0.15) is 48.2 Å². The molecule has 27 heavy (non-hydrogen) atoms. The first kappa shape index (κ1) is 19.1. The van der Waals surface area contributed by atoms with E-state index in [0.29, 0.717) is 17.8 Å². The molecule has 144 valence electrons. The predicted molar refractivity (Wildman–Crippen MR) is 106 cm³/mol. The van der Waals surface area contributed by atoms with Crippen molar-refractivity contribution in [2.75, 3.05) is 20.1 Å².